The molecular weight excluding hydrogens is 300 g/mol. The minimum Gasteiger partial charge on any atom is -0.370 e. The maximum atomic E-state index is 11.6. The van der Waals surface area contributed by atoms with Crippen LogP contribution in [0.15, 0.2) is 4.99 Å². The van der Waals surface area contributed by atoms with Gasteiger partial charge in [0, 0.05) is 19.5 Å². The van der Waals surface area contributed by atoms with Gasteiger partial charge in [0.2, 0.25) is 12.1 Å². The molecule has 0 spiro atoms. The summed E-state index contributed by atoms with van der Waals surface area (Å²) in [5, 5.41) is 14.4. The summed E-state index contributed by atoms with van der Waals surface area (Å²) in [6.45, 7) is 1.57. The number of nitrogens with zero attached hydrogens (tertiary/aromatic N) is 1. The van der Waals surface area contributed by atoms with Crippen LogP contribution in [0.2, 0.25) is 0 Å². The molecule has 134 valence electrons. The molecule has 0 saturated heterocycles. The number of aliphatic imine (C=N–C) groups is 1. The summed E-state index contributed by atoms with van der Waals surface area (Å²) >= 11 is 0. The highest BCUT2D eigenvalue weighted by atomic mass is 16.3. The Bertz CT molecular complexity index is 372. The first-order valence-corrected chi connectivity index (χ1v) is 7.98. The maximum absolute atomic E-state index is 11.6. The molecule has 9 nitrogen and oxygen atoms in total. The van der Waals surface area contributed by atoms with E-state index in [9.17, 15) is 14.7 Å². The van der Waals surface area contributed by atoms with Crippen LogP contribution in [0.3, 0.4) is 0 Å². The Kier molecular flexibility index (Phi) is 12.7. The Labute approximate surface area is 137 Å². The Morgan fingerprint density at radius 1 is 1.04 bits per heavy atom. The van der Waals surface area contributed by atoms with Gasteiger partial charge in [-0.15, -0.1) is 0 Å². The van der Waals surface area contributed by atoms with Gasteiger partial charge in [0.25, 0.3) is 5.91 Å². The van der Waals surface area contributed by atoms with Gasteiger partial charge in [-0.25, -0.2) is 0 Å². The van der Waals surface area contributed by atoms with Gasteiger partial charge in [0.15, 0.2) is 5.96 Å². The number of guanidine groups is 1. The number of nitrogens with two attached hydrogens (primary N) is 3. The fraction of sp³-hybridized carbons (Fsp3) is 0.786. The van der Waals surface area contributed by atoms with Crippen molar-refractivity contribution in [1.82, 2.24) is 10.6 Å². The predicted octanol–water partition coefficient (Wildman–Crippen LogP) is -1.50. The Balaban J connectivity index is 3.64. The quantitative estimate of drug-likeness (QED) is 0.104. The highest BCUT2D eigenvalue weighted by Gasteiger charge is 2.16. The Hall–Kier alpha value is -1.87. The van der Waals surface area contributed by atoms with E-state index in [1.807, 2.05) is 0 Å². The van der Waals surface area contributed by atoms with E-state index in [1.165, 1.54) is 0 Å². The van der Waals surface area contributed by atoms with Gasteiger partial charge in [0.1, 0.15) is 0 Å². The highest BCUT2D eigenvalue weighted by Crippen LogP contribution is 2.03. The summed E-state index contributed by atoms with van der Waals surface area (Å²) in [6, 6.07) is 0. The lowest BCUT2D eigenvalue weighted by molar-refractivity contribution is -0.136. The van der Waals surface area contributed by atoms with Crippen LogP contribution in [0.1, 0.15) is 44.9 Å². The lowest BCUT2D eigenvalue weighted by Gasteiger charge is -2.13. The van der Waals surface area contributed by atoms with Crippen LogP contribution in [0.4, 0.5) is 0 Å². The second-order valence-corrected chi connectivity index (χ2v) is 5.23. The molecule has 9 N–H and O–H groups in total. The molecule has 2 amide bonds. The molecule has 0 aliphatic rings. The molecule has 23 heavy (non-hydrogen) atoms. The SMILES string of the molecule is NCCCCNC(=O)C(O)NC(=O)CCCCCCN=C(N)N. The lowest BCUT2D eigenvalue weighted by Crippen LogP contribution is -2.46. The number of nitrogens with one attached hydrogen (secondary N) is 2. The van der Waals surface area contributed by atoms with Crippen LogP contribution in [-0.2, 0) is 9.59 Å². The molecule has 0 bridgehead atoms. The molecule has 1 unspecified atom stereocenters. The van der Waals surface area contributed by atoms with Gasteiger partial charge in [0.05, 0.1) is 0 Å². The monoisotopic (exact) mass is 330 g/mol. The van der Waals surface area contributed by atoms with Crippen molar-refractivity contribution in [3.63, 3.8) is 0 Å². The van der Waals surface area contributed by atoms with Crippen molar-refractivity contribution in [3.05, 3.63) is 0 Å². The Morgan fingerprint density at radius 3 is 2.39 bits per heavy atom. The number of carbonyl (C=O) groups is 2. The number of hydrogen-bond acceptors (Lipinski definition) is 5. The minimum atomic E-state index is -1.51. The number of hydrogen-bond donors (Lipinski definition) is 6. The summed E-state index contributed by atoms with van der Waals surface area (Å²) in [5.74, 6) is -0.869. The van der Waals surface area contributed by atoms with Gasteiger partial charge in [-0.1, -0.05) is 12.8 Å². The zero-order valence-corrected chi connectivity index (χ0v) is 13.6. The third-order valence-corrected chi connectivity index (χ3v) is 3.08. The van der Waals surface area contributed by atoms with Crippen molar-refractivity contribution in [1.29, 1.82) is 0 Å². The largest absolute Gasteiger partial charge is 0.370 e. The molecule has 0 aromatic carbocycles. The van der Waals surface area contributed by atoms with Gasteiger partial charge >= 0.3 is 0 Å². The van der Waals surface area contributed by atoms with Gasteiger partial charge in [-0.2, -0.15) is 0 Å². The molecule has 0 aliphatic carbocycles. The first kappa shape index (κ1) is 21.1. The zero-order valence-electron chi connectivity index (χ0n) is 13.6. The van der Waals surface area contributed by atoms with Crippen LogP contribution in [0, 0.1) is 0 Å². The summed E-state index contributed by atoms with van der Waals surface area (Å²) in [5.41, 5.74) is 15.7. The van der Waals surface area contributed by atoms with Gasteiger partial charge in [-0.3, -0.25) is 14.6 Å². The third-order valence-electron chi connectivity index (χ3n) is 3.08. The first-order valence-electron chi connectivity index (χ1n) is 7.98. The van der Waals surface area contributed by atoms with E-state index in [2.05, 4.69) is 15.6 Å². The molecule has 0 rings (SSSR count). The van der Waals surface area contributed by atoms with E-state index in [0.717, 1.165) is 32.1 Å². The van der Waals surface area contributed by atoms with Gasteiger partial charge < -0.3 is 32.9 Å². The number of aliphatic hydroxyl groups excluding tert-OH is 1. The van der Waals surface area contributed by atoms with Crippen molar-refractivity contribution in [2.45, 2.75) is 51.2 Å². The summed E-state index contributed by atoms with van der Waals surface area (Å²) in [7, 11) is 0. The second-order valence-electron chi connectivity index (χ2n) is 5.23. The average molecular weight is 330 g/mol. The predicted molar refractivity (Wildman–Crippen MR) is 89.2 cm³/mol. The number of rotatable bonds is 13. The normalized spacial score (nSPS) is 11.6. The second kappa shape index (κ2) is 13.8. The third kappa shape index (κ3) is 13.5. The molecule has 0 aliphatic heterocycles. The Morgan fingerprint density at radius 2 is 1.74 bits per heavy atom. The smallest absolute Gasteiger partial charge is 0.269 e. The van der Waals surface area contributed by atoms with Crippen LogP contribution in [0.5, 0.6) is 0 Å². The van der Waals surface area contributed by atoms with Crippen LogP contribution in [-0.4, -0.2) is 48.7 Å². The van der Waals surface area contributed by atoms with E-state index >= 15 is 0 Å². The van der Waals surface area contributed by atoms with E-state index in [0.29, 0.717) is 26.1 Å². The molecule has 9 heteroatoms. The van der Waals surface area contributed by atoms with Crippen molar-refractivity contribution in [2.24, 2.45) is 22.2 Å². The molecule has 0 radical (unpaired) electrons. The van der Waals surface area contributed by atoms with E-state index in [4.69, 9.17) is 17.2 Å². The summed E-state index contributed by atoms with van der Waals surface area (Å²) in [4.78, 5) is 27.0. The van der Waals surface area contributed by atoms with E-state index in [-0.39, 0.29) is 18.3 Å². The van der Waals surface area contributed by atoms with Crippen molar-refractivity contribution < 1.29 is 14.7 Å². The molecule has 0 heterocycles. The fourth-order valence-electron chi connectivity index (χ4n) is 1.83. The van der Waals surface area contributed by atoms with Crippen LogP contribution in [0.25, 0.3) is 0 Å². The van der Waals surface area contributed by atoms with Crippen LogP contribution >= 0.6 is 0 Å². The summed E-state index contributed by atoms with van der Waals surface area (Å²) in [6.07, 6.45) is 3.59. The lowest BCUT2D eigenvalue weighted by atomic mass is 10.1. The molecule has 0 aromatic rings. The minimum absolute atomic E-state index is 0.0830. The standard InChI is InChI=1S/C14H30N6O3/c15-8-4-6-9-18-12(22)13(23)20-11(21)7-3-1-2-5-10-19-14(16)17/h13,23H,1-10,15H2,(H,18,22)(H,20,21)(H4,16,17,19). The van der Waals surface area contributed by atoms with E-state index in [1.54, 1.807) is 0 Å². The van der Waals surface area contributed by atoms with Crippen molar-refractivity contribution in [2.75, 3.05) is 19.6 Å². The molecule has 0 saturated carbocycles. The summed E-state index contributed by atoms with van der Waals surface area (Å²) < 4.78 is 0. The number of unbranched alkanes of at least 4 members (excludes halogenated alkanes) is 4. The number of carbonyl (C=O) groups excluding carboxylic acids is 2. The van der Waals surface area contributed by atoms with Gasteiger partial charge in [-0.05, 0) is 32.2 Å². The topological polar surface area (TPSA) is 169 Å². The van der Waals surface area contributed by atoms with E-state index < -0.39 is 12.1 Å². The van der Waals surface area contributed by atoms with Crippen molar-refractivity contribution >= 4 is 17.8 Å². The number of aliphatic hydroxyl groups is 1. The zero-order chi connectivity index (χ0) is 17.5. The fourth-order valence-corrected chi connectivity index (χ4v) is 1.83. The number of amides is 2. The first-order chi connectivity index (χ1) is 11.0. The molecule has 0 aromatic heterocycles. The molecular formula is C14H30N6O3. The van der Waals surface area contributed by atoms with Crippen LogP contribution < -0.4 is 27.8 Å². The average Bonchev–Trinajstić information content (AvgIpc) is 2.50. The highest BCUT2D eigenvalue weighted by molar-refractivity contribution is 5.86. The molecule has 0 fully saturated rings. The molecule has 1 atom stereocenters. The van der Waals surface area contributed by atoms with Crippen molar-refractivity contribution in [3.8, 4) is 0 Å². The maximum Gasteiger partial charge on any atom is 0.269 e.